The molecular weight excluding hydrogens is 610 g/mol. The zero-order valence-corrected chi connectivity index (χ0v) is 28.2. The third kappa shape index (κ3) is 11.7. The van der Waals surface area contributed by atoms with Gasteiger partial charge in [0, 0.05) is 18.3 Å². The van der Waals surface area contributed by atoms with Crippen LogP contribution < -0.4 is 16.4 Å². The van der Waals surface area contributed by atoms with Gasteiger partial charge in [0.2, 0.25) is 17.6 Å². The summed E-state index contributed by atoms with van der Waals surface area (Å²) in [7, 11) is 0. The molecule has 48 heavy (non-hydrogen) atoms. The predicted molar refractivity (Wildman–Crippen MR) is 183 cm³/mol. The molecule has 10 nitrogen and oxygen atoms in total. The van der Waals surface area contributed by atoms with E-state index in [0.717, 1.165) is 21.9 Å². The Morgan fingerprint density at radius 3 is 2.10 bits per heavy atom. The summed E-state index contributed by atoms with van der Waals surface area (Å²) in [6, 6.07) is 21.6. The van der Waals surface area contributed by atoms with Gasteiger partial charge in [0.15, 0.2) is 5.78 Å². The van der Waals surface area contributed by atoms with Gasteiger partial charge in [-0.3, -0.25) is 28.8 Å². The molecule has 0 saturated heterocycles. The second kappa shape index (κ2) is 18.5. The molecule has 0 aliphatic carbocycles. The summed E-state index contributed by atoms with van der Waals surface area (Å²) in [5.74, 6) is -6.01. The van der Waals surface area contributed by atoms with Crippen LogP contribution in [-0.2, 0) is 46.5 Å². The molecule has 0 radical (unpaired) electrons. The van der Waals surface area contributed by atoms with Crippen LogP contribution in [0.2, 0.25) is 0 Å². The largest absolute Gasteiger partial charge is 0.461 e. The monoisotopic (exact) mass is 657 g/mol. The number of benzene rings is 3. The number of amides is 3. The Balaban J connectivity index is 1.59. The van der Waals surface area contributed by atoms with Crippen LogP contribution in [0.4, 0.5) is 0 Å². The Morgan fingerprint density at radius 1 is 0.792 bits per heavy atom. The number of nitrogens with two attached hydrogens (primary N) is 1. The van der Waals surface area contributed by atoms with Crippen molar-refractivity contribution >= 4 is 46.0 Å². The maximum Gasteiger partial charge on any atom is 0.306 e. The van der Waals surface area contributed by atoms with Crippen molar-refractivity contribution in [3.05, 3.63) is 83.9 Å². The van der Waals surface area contributed by atoms with Gasteiger partial charge >= 0.3 is 5.97 Å². The van der Waals surface area contributed by atoms with Crippen LogP contribution in [0, 0.1) is 23.7 Å². The standard InChI is InChI=1S/C38H47N3O7/c1-5-25(4)34(41-37(46)31(17-24(2)3)21-33(43)48-23-26-11-7-6-8-12-26)35(44)38(47)40-22-32(42)20-30(36(39)45)19-27-15-16-28-13-9-10-14-29(28)18-27/h6-16,18,24-25,30-31,34H,5,17,19-23H2,1-4H3,(H2,39,45)(H,40,47)(H,41,46). The van der Waals surface area contributed by atoms with E-state index in [0.29, 0.717) is 12.8 Å². The maximum atomic E-state index is 13.4. The van der Waals surface area contributed by atoms with Crippen molar-refractivity contribution in [2.75, 3.05) is 6.54 Å². The minimum atomic E-state index is -1.17. The fourth-order valence-corrected chi connectivity index (χ4v) is 5.50. The van der Waals surface area contributed by atoms with Crippen LogP contribution in [0.15, 0.2) is 72.8 Å². The first-order chi connectivity index (χ1) is 22.9. The molecule has 3 aromatic carbocycles. The van der Waals surface area contributed by atoms with Gasteiger partial charge in [-0.25, -0.2) is 0 Å². The van der Waals surface area contributed by atoms with Crippen molar-refractivity contribution in [3.8, 4) is 0 Å². The number of rotatable bonds is 19. The Hall–Kier alpha value is -4.86. The van der Waals surface area contributed by atoms with Crippen molar-refractivity contribution in [1.82, 2.24) is 10.6 Å². The van der Waals surface area contributed by atoms with Crippen molar-refractivity contribution in [2.45, 2.75) is 72.4 Å². The van der Waals surface area contributed by atoms with Crippen LogP contribution in [0.1, 0.15) is 64.5 Å². The Bertz CT molecular complexity index is 1590. The molecule has 0 bridgehead atoms. The normalized spacial score (nSPS) is 13.6. The summed E-state index contributed by atoms with van der Waals surface area (Å²) in [5.41, 5.74) is 7.27. The molecule has 0 fully saturated rings. The fourth-order valence-electron chi connectivity index (χ4n) is 5.50. The number of carbonyl (C=O) groups excluding carboxylic acids is 6. The Labute approximate surface area is 282 Å². The van der Waals surface area contributed by atoms with E-state index in [9.17, 15) is 28.8 Å². The molecule has 0 aromatic heterocycles. The second-order valence-electron chi connectivity index (χ2n) is 12.8. The van der Waals surface area contributed by atoms with E-state index in [2.05, 4.69) is 10.6 Å². The first-order valence-electron chi connectivity index (χ1n) is 16.5. The number of esters is 1. The molecular formula is C38H47N3O7. The molecule has 256 valence electrons. The zero-order chi connectivity index (χ0) is 35.2. The SMILES string of the molecule is CCC(C)C(NC(=O)C(CC(=O)OCc1ccccc1)CC(C)C)C(=O)C(=O)NCC(=O)CC(Cc1ccc2ccccc2c1)C(N)=O. The van der Waals surface area contributed by atoms with Crippen LogP contribution in [-0.4, -0.2) is 47.8 Å². The number of ketones is 2. The molecule has 3 amide bonds. The van der Waals surface area contributed by atoms with Crippen LogP contribution >= 0.6 is 0 Å². The van der Waals surface area contributed by atoms with Crippen molar-refractivity contribution in [3.63, 3.8) is 0 Å². The molecule has 0 spiro atoms. The highest BCUT2D eigenvalue weighted by atomic mass is 16.5. The topological polar surface area (TPSA) is 162 Å². The summed E-state index contributed by atoms with van der Waals surface area (Å²) >= 11 is 0. The van der Waals surface area contributed by atoms with Gasteiger partial charge < -0.3 is 21.1 Å². The summed E-state index contributed by atoms with van der Waals surface area (Å²) in [5, 5.41) is 7.10. The lowest BCUT2D eigenvalue weighted by Crippen LogP contribution is -2.52. The van der Waals surface area contributed by atoms with Gasteiger partial charge in [0.25, 0.3) is 5.91 Å². The number of Topliss-reactive ketones (excluding diaryl/α,β-unsaturated/α-hetero) is 2. The van der Waals surface area contributed by atoms with Crippen molar-refractivity contribution in [2.24, 2.45) is 29.4 Å². The van der Waals surface area contributed by atoms with Gasteiger partial charge in [-0.2, -0.15) is 0 Å². The summed E-state index contributed by atoms with van der Waals surface area (Å²) in [6.07, 6.45) is 0.706. The fraction of sp³-hybridized carbons (Fsp3) is 0.421. The van der Waals surface area contributed by atoms with E-state index in [1.54, 1.807) is 6.92 Å². The predicted octanol–water partition coefficient (Wildman–Crippen LogP) is 4.46. The van der Waals surface area contributed by atoms with Gasteiger partial charge in [-0.15, -0.1) is 0 Å². The number of hydrogen-bond acceptors (Lipinski definition) is 7. The number of carbonyl (C=O) groups is 6. The van der Waals surface area contributed by atoms with E-state index in [1.807, 2.05) is 93.6 Å². The highest BCUT2D eigenvalue weighted by Gasteiger charge is 2.34. The molecule has 3 aromatic rings. The molecule has 0 saturated carbocycles. The number of fused-ring (bicyclic) bond motifs is 1. The molecule has 0 heterocycles. The number of ether oxygens (including phenoxy) is 1. The number of primary amides is 1. The molecule has 4 atom stereocenters. The Morgan fingerprint density at radius 2 is 1.46 bits per heavy atom. The molecule has 10 heteroatoms. The van der Waals surface area contributed by atoms with Crippen molar-refractivity contribution in [1.29, 1.82) is 0 Å². The van der Waals surface area contributed by atoms with E-state index >= 15 is 0 Å². The van der Waals surface area contributed by atoms with E-state index < -0.39 is 65.6 Å². The minimum absolute atomic E-state index is 0.0696. The highest BCUT2D eigenvalue weighted by Crippen LogP contribution is 2.21. The molecule has 0 aliphatic rings. The molecule has 0 aliphatic heterocycles. The first-order valence-corrected chi connectivity index (χ1v) is 16.5. The number of hydrogen-bond donors (Lipinski definition) is 3. The first kappa shape index (κ1) is 37.6. The quantitative estimate of drug-likeness (QED) is 0.127. The maximum absolute atomic E-state index is 13.4. The van der Waals surface area contributed by atoms with Crippen LogP contribution in [0.25, 0.3) is 10.8 Å². The van der Waals surface area contributed by atoms with E-state index in [-0.39, 0.29) is 31.8 Å². The molecule has 3 rings (SSSR count). The Kier molecular flexibility index (Phi) is 14.5. The number of nitrogens with one attached hydrogen (secondary N) is 2. The summed E-state index contributed by atoms with van der Waals surface area (Å²) in [4.78, 5) is 77.3. The second-order valence-corrected chi connectivity index (χ2v) is 12.8. The third-order valence-corrected chi connectivity index (χ3v) is 8.42. The summed E-state index contributed by atoms with van der Waals surface area (Å²) < 4.78 is 5.39. The van der Waals surface area contributed by atoms with Crippen LogP contribution in [0.5, 0.6) is 0 Å². The van der Waals surface area contributed by atoms with Crippen LogP contribution in [0.3, 0.4) is 0 Å². The minimum Gasteiger partial charge on any atom is -0.461 e. The van der Waals surface area contributed by atoms with Gasteiger partial charge in [-0.05, 0) is 46.6 Å². The average Bonchev–Trinajstić information content (AvgIpc) is 3.07. The van der Waals surface area contributed by atoms with E-state index in [1.165, 1.54) is 0 Å². The smallest absolute Gasteiger partial charge is 0.306 e. The average molecular weight is 658 g/mol. The summed E-state index contributed by atoms with van der Waals surface area (Å²) in [6.45, 7) is 6.99. The van der Waals surface area contributed by atoms with Gasteiger partial charge in [0.05, 0.1) is 19.0 Å². The van der Waals surface area contributed by atoms with E-state index in [4.69, 9.17) is 10.5 Å². The lowest BCUT2D eigenvalue weighted by atomic mass is 9.90. The van der Waals surface area contributed by atoms with Crippen molar-refractivity contribution < 1.29 is 33.5 Å². The van der Waals surface area contributed by atoms with Gasteiger partial charge in [-0.1, -0.05) is 107 Å². The third-order valence-electron chi connectivity index (χ3n) is 8.42. The molecule has 4 N–H and O–H groups in total. The highest BCUT2D eigenvalue weighted by molar-refractivity contribution is 6.38. The lowest BCUT2D eigenvalue weighted by molar-refractivity contribution is -0.149. The lowest BCUT2D eigenvalue weighted by Gasteiger charge is -2.26. The zero-order valence-electron chi connectivity index (χ0n) is 28.2. The van der Waals surface area contributed by atoms with Gasteiger partial charge in [0.1, 0.15) is 6.61 Å². The molecule has 4 unspecified atom stereocenters.